The lowest BCUT2D eigenvalue weighted by atomic mass is 10.1. The molecule has 0 unspecified atom stereocenters. The van der Waals surface area contributed by atoms with Crippen molar-refractivity contribution in [2.75, 3.05) is 17.4 Å². The van der Waals surface area contributed by atoms with Gasteiger partial charge in [0.1, 0.15) is 17.5 Å². The van der Waals surface area contributed by atoms with Crippen LogP contribution in [0.15, 0.2) is 0 Å². The second-order valence-corrected chi connectivity index (χ2v) is 5.73. The Hall–Kier alpha value is -1.36. The van der Waals surface area contributed by atoms with Crippen LogP contribution in [0.1, 0.15) is 56.8 Å². The van der Waals surface area contributed by atoms with Crippen molar-refractivity contribution in [2.24, 2.45) is 5.84 Å². The third kappa shape index (κ3) is 2.81. The second-order valence-electron chi connectivity index (χ2n) is 5.73. The smallest absolute Gasteiger partial charge is 0.148 e. The second kappa shape index (κ2) is 5.74. The minimum absolute atomic E-state index is 0.295. The molecule has 19 heavy (non-hydrogen) atoms. The summed E-state index contributed by atoms with van der Waals surface area (Å²) >= 11 is 0. The monoisotopic (exact) mass is 263 g/mol. The summed E-state index contributed by atoms with van der Waals surface area (Å²) < 4.78 is 0. The minimum atomic E-state index is 0.295. The van der Waals surface area contributed by atoms with Crippen molar-refractivity contribution in [3.8, 4) is 0 Å². The van der Waals surface area contributed by atoms with Crippen molar-refractivity contribution < 1.29 is 0 Å². The van der Waals surface area contributed by atoms with Crippen LogP contribution in [0.5, 0.6) is 0 Å². The summed E-state index contributed by atoms with van der Waals surface area (Å²) in [6.45, 7) is 6.23. The van der Waals surface area contributed by atoms with Crippen LogP contribution in [0.3, 0.4) is 0 Å². The molecule has 0 aliphatic heterocycles. The Labute approximate surface area is 115 Å². The first-order valence-electron chi connectivity index (χ1n) is 7.12. The van der Waals surface area contributed by atoms with Gasteiger partial charge in [-0.05, 0) is 19.8 Å². The Morgan fingerprint density at radius 3 is 2.42 bits per heavy atom. The lowest BCUT2D eigenvalue weighted by Crippen LogP contribution is -2.31. The van der Waals surface area contributed by atoms with Gasteiger partial charge in [0.2, 0.25) is 0 Å². The quantitative estimate of drug-likeness (QED) is 0.645. The minimum Gasteiger partial charge on any atom is -0.356 e. The van der Waals surface area contributed by atoms with Gasteiger partial charge in [0.25, 0.3) is 0 Å². The number of rotatable bonds is 4. The number of nitrogens with zero attached hydrogens (tertiary/aromatic N) is 3. The maximum absolute atomic E-state index is 5.58. The molecule has 1 aliphatic rings. The normalized spacial score (nSPS) is 16.1. The summed E-state index contributed by atoms with van der Waals surface area (Å²) in [4.78, 5) is 11.5. The number of hydrogen-bond acceptors (Lipinski definition) is 5. The van der Waals surface area contributed by atoms with Crippen molar-refractivity contribution in [3.05, 3.63) is 11.4 Å². The summed E-state index contributed by atoms with van der Waals surface area (Å²) in [6, 6.07) is 0.597. The van der Waals surface area contributed by atoms with Gasteiger partial charge in [-0.15, -0.1) is 0 Å². The molecule has 1 fully saturated rings. The van der Waals surface area contributed by atoms with Gasteiger partial charge in [0.05, 0.1) is 0 Å². The number of nitrogens with one attached hydrogen (secondary N) is 1. The molecule has 5 heteroatoms. The van der Waals surface area contributed by atoms with E-state index in [4.69, 9.17) is 10.8 Å². The van der Waals surface area contributed by atoms with Gasteiger partial charge >= 0.3 is 0 Å². The third-order valence-electron chi connectivity index (χ3n) is 4.00. The van der Waals surface area contributed by atoms with E-state index < -0.39 is 0 Å². The molecule has 0 radical (unpaired) electrons. The summed E-state index contributed by atoms with van der Waals surface area (Å²) in [5.41, 5.74) is 3.73. The zero-order valence-electron chi connectivity index (χ0n) is 12.4. The molecule has 1 heterocycles. The number of nitrogens with two attached hydrogens (primary N) is 1. The van der Waals surface area contributed by atoms with Crippen LogP contribution in [-0.4, -0.2) is 23.1 Å². The highest BCUT2D eigenvalue weighted by Gasteiger charge is 2.24. The zero-order chi connectivity index (χ0) is 14.0. The van der Waals surface area contributed by atoms with Gasteiger partial charge in [-0.25, -0.2) is 15.8 Å². The maximum atomic E-state index is 5.58. The predicted molar refractivity (Wildman–Crippen MR) is 79.3 cm³/mol. The topological polar surface area (TPSA) is 67.1 Å². The number of hydrogen-bond donors (Lipinski definition) is 2. The molecule has 1 aliphatic carbocycles. The number of aromatic nitrogens is 2. The van der Waals surface area contributed by atoms with E-state index >= 15 is 0 Å². The van der Waals surface area contributed by atoms with Crippen LogP contribution in [-0.2, 0) is 0 Å². The van der Waals surface area contributed by atoms with Gasteiger partial charge in [-0.3, -0.25) is 0 Å². The average Bonchev–Trinajstić information content (AvgIpc) is 2.91. The first-order valence-corrected chi connectivity index (χ1v) is 7.12. The molecule has 0 aromatic carbocycles. The van der Waals surface area contributed by atoms with E-state index in [0.29, 0.717) is 12.0 Å². The molecule has 1 aromatic heterocycles. The Morgan fingerprint density at radius 2 is 1.89 bits per heavy atom. The standard InChI is InChI=1S/C14H25N5/c1-9(2)12-16-13(18-15)10(3)14(17-12)19(4)11-7-5-6-8-11/h9,11H,5-8,15H2,1-4H3,(H,16,17,18). The van der Waals surface area contributed by atoms with Gasteiger partial charge in [-0.1, -0.05) is 26.7 Å². The van der Waals surface area contributed by atoms with Crippen molar-refractivity contribution in [1.29, 1.82) is 0 Å². The SMILES string of the molecule is Cc1c(NN)nc(C(C)C)nc1N(C)C1CCCC1. The highest BCUT2D eigenvalue weighted by molar-refractivity contribution is 5.58. The third-order valence-corrected chi connectivity index (χ3v) is 4.00. The van der Waals surface area contributed by atoms with E-state index in [1.165, 1.54) is 25.7 Å². The molecular weight excluding hydrogens is 238 g/mol. The van der Waals surface area contributed by atoms with Gasteiger partial charge in [0, 0.05) is 24.6 Å². The molecule has 106 valence electrons. The average molecular weight is 263 g/mol. The highest BCUT2D eigenvalue weighted by Crippen LogP contribution is 2.30. The lowest BCUT2D eigenvalue weighted by Gasteiger charge is -2.28. The van der Waals surface area contributed by atoms with Crippen molar-refractivity contribution in [3.63, 3.8) is 0 Å². The van der Waals surface area contributed by atoms with E-state index in [2.05, 4.69) is 36.2 Å². The Bertz CT molecular complexity index is 438. The van der Waals surface area contributed by atoms with Crippen LogP contribution in [0.25, 0.3) is 0 Å². The molecule has 3 N–H and O–H groups in total. The fraction of sp³-hybridized carbons (Fsp3) is 0.714. The molecule has 0 bridgehead atoms. The molecule has 1 aromatic rings. The first-order chi connectivity index (χ1) is 9.04. The molecule has 2 rings (SSSR count). The molecular formula is C14H25N5. The number of nitrogen functional groups attached to an aromatic ring is 1. The molecule has 1 saturated carbocycles. The summed E-state index contributed by atoms with van der Waals surface area (Å²) in [5, 5.41) is 0. The van der Waals surface area contributed by atoms with Crippen LogP contribution in [0, 0.1) is 6.92 Å². The van der Waals surface area contributed by atoms with E-state index in [0.717, 1.165) is 23.0 Å². The van der Waals surface area contributed by atoms with Gasteiger partial charge in [0.15, 0.2) is 0 Å². The van der Waals surface area contributed by atoms with Gasteiger partial charge in [-0.2, -0.15) is 0 Å². The summed E-state index contributed by atoms with van der Waals surface area (Å²) in [6.07, 6.45) is 5.14. The van der Waals surface area contributed by atoms with Gasteiger partial charge < -0.3 is 10.3 Å². The van der Waals surface area contributed by atoms with Crippen LogP contribution >= 0.6 is 0 Å². The lowest BCUT2D eigenvalue weighted by molar-refractivity contribution is 0.638. The van der Waals surface area contributed by atoms with E-state index in [-0.39, 0.29) is 0 Å². The molecule has 5 nitrogen and oxygen atoms in total. The molecule has 0 atom stereocenters. The summed E-state index contributed by atoms with van der Waals surface area (Å²) in [7, 11) is 2.13. The van der Waals surface area contributed by atoms with E-state index in [1.54, 1.807) is 0 Å². The number of hydrazine groups is 1. The van der Waals surface area contributed by atoms with E-state index in [9.17, 15) is 0 Å². The predicted octanol–water partition coefficient (Wildman–Crippen LogP) is 2.57. The number of anilines is 2. The van der Waals surface area contributed by atoms with Crippen molar-refractivity contribution in [1.82, 2.24) is 9.97 Å². The Morgan fingerprint density at radius 1 is 1.26 bits per heavy atom. The fourth-order valence-corrected chi connectivity index (χ4v) is 2.73. The van der Waals surface area contributed by atoms with Crippen molar-refractivity contribution in [2.45, 2.75) is 58.4 Å². The largest absolute Gasteiger partial charge is 0.356 e. The van der Waals surface area contributed by atoms with Crippen LogP contribution < -0.4 is 16.2 Å². The maximum Gasteiger partial charge on any atom is 0.148 e. The summed E-state index contributed by atoms with van der Waals surface area (Å²) in [5.74, 6) is 8.47. The Kier molecular flexibility index (Phi) is 4.24. The molecule has 0 saturated heterocycles. The molecule has 0 amide bonds. The zero-order valence-corrected chi connectivity index (χ0v) is 12.4. The van der Waals surface area contributed by atoms with Crippen LogP contribution in [0.4, 0.5) is 11.6 Å². The first kappa shape index (κ1) is 14.1. The highest BCUT2D eigenvalue weighted by atomic mass is 15.3. The molecule has 0 spiro atoms. The Balaban J connectivity index is 2.39. The van der Waals surface area contributed by atoms with Crippen molar-refractivity contribution >= 4 is 11.6 Å². The van der Waals surface area contributed by atoms with Crippen LogP contribution in [0.2, 0.25) is 0 Å². The fourth-order valence-electron chi connectivity index (χ4n) is 2.73. The van der Waals surface area contributed by atoms with E-state index in [1.807, 2.05) is 6.92 Å².